The number of carbonyl (C=O) groups is 2. The fourth-order valence-electron chi connectivity index (χ4n) is 1.90. The van der Waals surface area contributed by atoms with Crippen molar-refractivity contribution in [2.45, 2.75) is 11.8 Å². The molecule has 2 aromatic rings. The van der Waals surface area contributed by atoms with Crippen LogP contribution in [-0.4, -0.2) is 30.7 Å². The molecule has 0 saturated carbocycles. The molecule has 5 heteroatoms. The van der Waals surface area contributed by atoms with Crippen molar-refractivity contribution in [3.05, 3.63) is 42.5 Å². The Bertz CT molecular complexity index is 643. The number of amides is 2. The Kier molecular flexibility index (Phi) is 5.63. The standard InChI is InChI=1S/C16H18N2O2S/c1-12(19)17-8-9-18-16(20)11-21-15-7-6-13-4-2-3-5-14(13)10-15/h2-7,10H,8-9,11H2,1H3,(H,17,19)(H,18,20). The van der Waals surface area contributed by atoms with Gasteiger partial charge in [0.1, 0.15) is 0 Å². The first-order valence-corrected chi connectivity index (χ1v) is 7.76. The first-order chi connectivity index (χ1) is 10.1. The van der Waals surface area contributed by atoms with Gasteiger partial charge in [0.2, 0.25) is 11.8 Å². The summed E-state index contributed by atoms with van der Waals surface area (Å²) in [6.45, 7) is 2.37. The minimum absolute atomic E-state index is 0.0292. The molecule has 0 atom stereocenters. The third-order valence-corrected chi connectivity index (χ3v) is 3.91. The predicted octanol–water partition coefficient (Wildman–Crippen LogP) is 2.18. The quantitative estimate of drug-likeness (QED) is 0.635. The van der Waals surface area contributed by atoms with Crippen molar-refractivity contribution in [3.63, 3.8) is 0 Å². The molecule has 0 bridgehead atoms. The number of hydrogen-bond acceptors (Lipinski definition) is 3. The zero-order valence-corrected chi connectivity index (χ0v) is 12.7. The maximum atomic E-state index is 11.7. The normalized spacial score (nSPS) is 10.3. The van der Waals surface area contributed by atoms with Gasteiger partial charge in [-0.05, 0) is 22.9 Å². The monoisotopic (exact) mass is 302 g/mol. The second-order valence-corrected chi connectivity index (χ2v) is 5.68. The molecule has 0 heterocycles. The Balaban J connectivity index is 1.78. The molecule has 0 radical (unpaired) electrons. The topological polar surface area (TPSA) is 58.2 Å². The highest BCUT2D eigenvalue weighted by molar-refractivity contribution is 8.00. The molecular weight excluding hydrogens is 284 g/mol. The predicted molar refractivity (Wildman–Crippen MR) is 86.4 cm³/mol. The third kappa shape index (κ3) is 5.11. The van der Waals surface area contributed by atoms with Crippen molar-refractivity contribution in [1.29, 1.82) is 0 Å². The number of benzene rings is 2. The number of thioether (sulfide) groups is 1. The number of rotatable bonds is 6. The van der Waals surface area contributed by atoms with E-state index in [1.807, 2.05) is 18.2 Å². The average Bonchev–Trinajstić information content (AvgIpc) is 2.49. The van der Waals surface area contributed by atoms with Crippen molar-refractivity contribution in [3.8, 4) is 0 Å². The number of carbonyl (C=O) groups excluding carboxylic acids is 2. The van der Waals surface area contributed by atoms with Gasteiger partial charge >= 0.3 is 0 Å². The number of fused-ring (bicyclic) bond motifs is 1. The van der Waals surface area contributed by atoms with E-state index in [4.69, 9.17) is 0 Å². The molecule has 2 amide bonds. The third-order valence-electron chi connectivity index (χ3n) is 2.91. The van der Waals surface area contributed by atoms with E-state index in [1.54, 1.807) is 0 Å². The molecule has 0 aliphatic heterocycles. The number of nitrogens with one attached hydrogen (secondary N) is 2. The lowest BCUT2D eigenvalue weighted by molar-refractivity contribution is -0.120. The van der Waals surface area contributed by atoms with Crippen LogP contribution in [-0.2, 0) is 9.59 Å². The van der Waals surface area contributed by atoms with E-state index in [0.29, 0.717) is 18.8 Å². The van der Waals surface area contributed by atoms with Crippen molar-refractivity contribution in [2.24, 2.45) is 0 Å². The first-order valence-electron chi connectivity index (χ1n) is 6.78. The lowest BCUT2D eigenvalue weighted by atomic mass is 10.1. The second kappa shape index (κ2) is 7.69. The van der Waals surface area contributed by atoms with Crippen LogP contribution in [0.4, 0.5) is 0 Å². The molecule has 0 aliphatic carbocycles. The van der Waals surface area contributed by atoms with E-state index in [9.17, 15) is 9.59 Å². The summed E-state index contributed by atoms with van der Waals surface area (Å²) < 4.78 is 0. The van der Waals surface area contributed by atoms with E-state index in [-0.39, 0.29) is 11.8 Å². The Hall–Kier alpha value is -2.01. The lowest BCUT2D eigenvalue weighted by Gasteiger charge is -2.06. The van der Waals surface area contributed by atoms with Crippen molar-refractivity contribution < 1.29 is 9.59 Å². The largest absolute Gasteiger partial charge is 0.355 e. The molecule has 4 nitrogen and oxygen atoms in total. The molecule has 0 fully saturated rings. The maximum Gasteiger partial charge on any atom is 0.230 e. The van der Waals surface area contributed by atoms with Crippen LogP contribution in [0, 0.1) is 0 Å². The van der Waals surface area contributed by atoms with Crippen molar-refractivity contribution >= 4 is 34.3 Å². The van der Waals surface area contributed by atoms with Gasteiger partial charge in [-0.3, -0.25) is 9.59 Å². The van der Waals surface area contributed by atoms with Gasteiger partial charge in [0.25, 0.3) is 0 Å². The van der Waals surface area contributed by atoms with Crippen LogP contribution < -0.4 is 10.6 Å². The van der Waals surface area contributed by atoms with Gasteiger partial charge in [-0.15, -0.1) is 11.8 Å². The van der Waals surface area contributed by atoms with Gasteiger partial charge in [0.15, 0.2) is 0 Å². The van der Waals surface area contributed by atoms with Crippen LogP contribution >= 0.6 is 11.8 Å². The molecule has 21 heavy (non-hydrogen) atoms. The number of hydrogen-bond donors (Lipinski definition) is 2. The fraction of sp³-hybridized carbons (Fsp3) is 0.250. The summed E-state index contributed by atoms with van der Waals surface area (Å²) in [6.07, 6.45) is 0. The molecule has 110 valence electrons. The van der Waals surface area contributed by atoms with Gasteiger partial charge in [0, 0.05) is 24.9 Å². The summed E-state index contributed by atoms with van der Waals surface area (Å²) in [5.41, 5.74) is 0. The van der Waals surface area contributed by atoms with Gasteiger partial charge in [-0.1, -0.05) is 30.3 Å². The highest BCUT2D eigenvalue weighted by Crippen LogP contribution is 2.23. The Morgan fingerprint density at radius 1 is 1.00 bits per heavy atom. The van der Waals surface area contributed by atoms with Gasteiger partial charge in [-0.2, -0.15) is 0 Å². The van der Waals surface area contributed by atoms with Crippen molar-refractivity contribution in [1.82, 2.24) is 10.6 Å². The van der Waals surface area contributed by atoms with Gasteiger partial charge in [0.05, 0.1) is 5.75 Å². The second-order valence-electron chi connectivity index (χ2n) is 4.63. The van der Waals surface area contributed by atoms with Crippen LogP contribution in [0.1, 0.15) is 6.92 Å². The first kappa shape index (κ1) is 15.4. The molecule has 0 aromatic heterocycles. The van der Waals surface area contributed by atoms with Crippen LogP contribution in [0.5, 0.6) is 0 Å². The van der Waals surface area contributed by atoms with Crippen LogP contribution in [0.2, 0.25) is 0 Å². The molecule has 0 spiro atoms. The average molecular weight is 302 g/mol. The highest BCUT2D eigenvalue weighted by Gasteiger charge is 2.03. The van der Waals surface area contributed by atoms with Gasteiger partial charge < -0.3 is 10.6 Å². The van der Waals surface area contributed by atoms with Crippen LogP contribution in [0.15, 0.2) is 47.4 Å². The van der Waals surface area contributed by atoms with E-state index < -0.39 is 0 Å². The molecule has 2 rings (SSSR count). The van der Waals surface area contributed by atoms with E-state index >= 15 is 0 Å². The Morgan fingerprint density at radius 3 is 2.48 bits per heavy atom. The Labute approximate surface area is 128 Å². The van der Waals surface area contributed by atoms with E-state index in [2.05, 4.69) is 34.9 Å². The zero-order valence-electron chi connectivity index (χ0n) is 11.9. The summed E-state index contributed by atoms with van der Waals surface area (Å²) in [6, 6.07) is 14.3. The molecule has 2 aromatic carbocycles. The fourth-order valence-corrected chi connectivity index (χ4v) is 2.67. The Morgan fingerprint density at radius 2 is 1.71 bits per heavy atom. The minimum Gasteiger partial charge on any atom is -0.355 e. The smallest absolute Gasteiger partial charge is 0.230 e. The minimum atomic E-state index is -0.0882. The maximum absolute atomic E-state index is 11.7. The van der Waals surface area contributed by atoms with E-state index in [1.165, 1.54) is 29.5 Å². The molecule has 0 aliphatic rings. The molecule has 0 saturated heterocycles. The summed E-state index contributed by atoms with van der Waals surface area (Å²) in [5, 5.41) is 7.78. The summed E-state index contributed by atoms with van der Waals surface area (Å²) in [4.78, 5) is 23.4. The molecule has 0 unspecified atom stereocenters. The zero-order chi connectivity index (χ0) is 15.1. The van der Waals surface area contributed by atoms with Crippen LogP contribution in [0.3, 0.4) is 0 Å². The highest BCUT2D eigenvalue weighted by atomic mass is 32.2. The SMILES string of the molecule is CC(=O)NCCNC(=O)CSc1ccc2ccccc2c1. The summed E-state index contributed by atoms with van der Waals surface area (Å²) in [5.74, 6) is 0.256. The lowest BCUT2D eigenvalue weighted by Crippen LogP contribution is -2.34. The summed E-state index contributed by atoms with van der Waals surface area (Å²) in [7, 11) is 0. The van der Waals surface area contributed by atoms with Crippen LogP contribution in [0.25, 0.3) is 10.8 Å². The van der Waals surface area contributed by atoms with Crippen molar-refractivity contribution in [2.75, 3.05) is 18.8 Å². The molecular formula is C16H18N2O2S. The molecule has 2 N–H and O–H groups in total. The summed E-state index contributed by atoms with van der Waals surface area (Å²) >= 11 is 1.51. The van der Waals surface area contributed by atoms with E-state index in [0.717, 1.165) is 4.90 Å². The van der Waals surface area contributed by atoms with Gasteiger partial charge in [-0.25, -0.2) is 0 Å².